The van der Waals surface area contributed by atoms with Crippen molar-refractivity contribution in [3.05, 3.63) is 58.5 Å². The van der Waals surface area contributed by atoms with Gasteiger partial charge in [0.15, 0.2) is 4.32 Å². The normalized spacial score (nSPS) is 15.5. The molecule has 3 rings (SSSR count). The van der Waals surface area contributed by atoms with Gasteiger partial charge in [-0.05, 0) is 23.8 Å². The van der Waals surface area contributed by atoms with Crippen LogP contribution in [0.4, 0.5) is 5.69 Å². The van der Waals surface area contributed by atoms with Crippen LogP contribution in [0.5, 0.6) is 11.5 Å². The lowest BCUT2D eigenvalue weighted by molar-refractivity contribution is -0.113. The van der Waals surface area contributed by atoms with E-state index < -0.39 is 0 Å². The minimum atomic E-state index is -0.220. The highest BCUT2D eigenvalue weighted by Crippen LogP contribution is 2.41. The summed E-state index contributed by atoms with van der Waals surface area (Å²) in [7, 11) is 3.09. The number of anilines is 1. The van der Waals surface area contributed by atoms with E-state index in [9.17, 15) is 9.59 Å². The van der Waals surface area contributed by atoms with Gasteiger partial charge in [0.2, 0.25) is 0 Å². The van der Waals surface area contributed by atoms with Gasteiger partial charge < -0.3 is 9.47 Å². The van der Waals surface area contributed by atoms with Crippen LogP contribution in [0, 0.1) is 0 Å². The predicted molar refractivity (Wildman–Crippen MR) is 107 cm³/mol. The number of amides is 1. The summed E-state index contributed by atoms with van der Waals surface area (Å²) in [4.78, 5) is 25.6. The lowest BCUT2D eigenvalue weighted by atomic mass is 10.1. The molecule has 0 radical (unpaired) electrons. The standard InChI is InChI=1S/C19H15NO4S2/c1-23-14-7-8-15(16(10-14)24-2)20-18(22)17(26-19(20)25)9-12-3-5-13(11-21)6-4-12/h3-11H,1-2H3/b17-9-. The fraction of sp³-hybridized carbons (Fsp3) is 0.105. The molecule has 1 heterocycles. The fourth-order valence-electron chi connectivity index (χ4n) is 2.47. The van der Waals surface area contributed by atoms with Gasteiger partial charge in [0, 0.05) is 11.6 Å². The number of thioether (sulfide) groups is 1. The van der Waals surface area contributed by atoms with E-state index in [1.54, 1.807) is 55.7 Å². The van der Waals surface area contributed by atoms with Crippen molar-refractivity contribution in [2.45, 2.75) is 0 Å². The van der Waals surface area contributed by atoms with Gasteiger partial charge in [-0.3, -0.25) is 14.5 Å². The number of ether oxygens (including phenoxy) is 2. The maximum Gasteiger partial charge on any atom is 0.270 e. The van der Waals surface area contributed by atoms with E-state index in [0.717, 1.165) is 11.8 Å². The third-order valence-corrected chi connectivity index (χ3v) is 5.09. The molecule has 0 aromatic heterocycles. The van der Waals surface area contributed by atoms with Gasteiger partial charge >= 0.3 is 0 Å². The molecule has 1 fully saturated rings. The zero-order valence-corrected chi connectivity index (χ0v) is 15.7. The summed E-state index contributed by atoms with van der Waals surface area (Å²) in [5.74, 6) is 0.905. The van der Waals surface area contributed by atoms with Gasteiger partial charge in [0.05, 0.1) is 24.8 Å². The zero-order valence-electron chi connectivity index (χ0n) is 14.1. The second-order valence-electron chi connectivity index (χ2n) is 5.34. The van der Waals surface area contributed by atoms with Crippen molar-refractivity contribution in [1.29, 1.82) is 0 Å². The Morgan fingerprint density at radius 2 is 1.73 bits per heavy atom. The predicted octanol–water partition coefficient (Wildman–Crippen LogP) is 3.92. The molecular formula is C19H15NO4S2. The van der Waals surface area contributed by atoms with Gasteiger partial charge in [-0.25, -0.2) is 0 Å². The van der Waals surface area contributed by atoms with Crippen molar-refractivity contribution in [1.82, 2.24) is 0 Å². The van der Waals surface area contributed by atoms with Gasteiger partial charge in [-0.1, -0.05) is 48.2 Å². The number of rotatable bonds is 5. The third-order valence-electron chi connectivity index (χ3n) is 3.79. The highest BCUT2D eigenvalue weighted by atomic mass is 32.2. The number of carbonyl (C=O) groups is 2. The highest BCUT2D eigenvalue weighted by molar-refractivity contribution is 8.27. The number of methoxy groups -OCH3 is 2. The largest absolute Gasteiger partial charge is 0.497 e. The summed E-state index contributed by atoms with van der Waals surface area (Å²) in [6.45, 7) is 0. The molecule has 26 heavy (non-hydrogen) atoms. The van der Waals surface area contributed by atoms with Crippen LogP contribution >= 0.6 is 24.0 Å². The average Bonchev–Trinajstić information content (AvgIpc) is 2.95. The van der Waals surface area contributed by atoms with Crippen LogP contribution in [0.2, 0.25) is 0 Å². The quantitative estimate of drug-likeness (QED) is 0.442. The molecule has 2 aromatic carbocycles. The van der Waals surface area contributed by atoms with E-state index in [-0.39, 0.29) is 5.91 Å². The Bertz CT molecular complexity index is 906. The lowest BCUT2D eigenvalue weighted by Gasteiger charge is -2.18. The van der Waals surface area contributed by atoms with Crippen LogP contribution in [0.1, 0.15) is 15.9 Å². The van der Waals surface area contributed by atoms with Crippen molar-refractivity contribution < 1.29 is 19.1 Å². The topological polar surface area (TPSA) is 55.8 Å². The third kappa shape index (κ3) is 3.49. The molecule has 0 bridgehead atoms. The number of nitrogens with zero attached hydrogens (tertiary/aromatic N) is 1. The van der Waals surface area contributed by atoms with E-state index in [1.807, 2.05) is 0 Å². The summed E-state index contributed by atoms with van der Waals surface area (Å²) in [6, 6.07) is 12.2. The number of hydrogen-bond donors (Lipinski definition) is 0. The molecule has 5 nitrogen and oxygen atoms in total. The van der Waals surface area contributed by atoms with Crippen LogP contribution in [-0.4, -0.2) is 30.7 Å². The Labute approximate surface area is 160 Å². The smallest absolute Gasteiger partial charge is 0.270 e. The van der Waals surface area contributed by atoms with Crippen molar-refractivity contribution in [3.8, 4) is 11.5 Å². The Balaban J connectivity index is 1.94. The Kier molecular flexibility index (Phi) is 5.39. The van der Waals surface area contributed by atoms with Crippen LogP contribution in [-0.2, 0) is 4.79 Å². The maximum atomic E-state index is 12.9. The van der Waals surface area contributed by atoms with Gasteiger partial charge in [-0.2, -0.15) is 0 Å². The number of benzene rings is 2. The van der Waals surface area contributed by atoms with Crippen molar-refractivity contribution >= 4 is 52.3 Å². The minimum Gasteiger partial charge on any atom is -0.497 e. The van der Waals surface area contributed by atoms with E-state index in [2.05, 4.69) is 0 Å². The van der Waals surface area contributed by atoms with Crippen LogP contribution in [0.25, 0.3) is 6.08 Å². The second-order valence-corrected chi connectivity index (χ2v) is 7.02. The fourth-order valence-corrected chi connectivity index (χ4v) is 3.75. The van der Waals surface area contributed by atoms with Crippen LogP contribution < -0.4 is 14.4 Å². The first-order chi connectivity index (χ1) is 12.6. The molecule has 0 atom stereocenters. The number of aldehydes is 1. The van der Waals surface area contributed by atoms with Gasteiger partial charge in [-0.15, -0.1) is 0 Å². The monoisotopic (exact) mass is 385 g/mol. The van der Waals surface area contributed by atoms with Crippen molar-refractivity contribution in [2.75, 3.05) is 19.1 Å². The molecule has 1 aliphatic rings. The molecule has 1 aliphatic heterocycles. The van der Waals surface area contributed by atoms with Crippen LogP contribution in [0.3, 0.4) is 0 Å². The van der Waals surface area contributed by atoms with E-state index in [4.69, 9.17) is 21.7 Å². The van der Waals surface area contributed by atoms with Crippen molar-refractivity contribution in [2.24, 2.45) is 0 Å². The molecule has 132 valence electrons. The molecule has 1 saturated heterocycles. The molecule has 0 N–H and O–H groups in total. The van der Waals surface area contributed by atoms with Gasteiger partial charge in [0.25, 0.3) is 5.91 Å². The van der Waals surface area contributed by atoms with Crippen molar-refractivity contribution in [3.63, 3.8) is 0 Å². The SMILES string of the molecule is COc1ccc(N2C(=O)/C(=C/c3ccc(C=O)cc3)SC2=S)c(OC)c1. The maximum absolute atomic E-state index is 12.9. The first kappa shape index (κ1) is 18.2. The van der Waals surface area contributed by atoms with E-state index >= 15 is 0 Å². The molecule has 1 amide bonds. The molecule has 0 unspecified atom stereocenters. The molecule has 7 heteroatoms. The first-order valence-corrected chi connectivity index (χ1v) is 8.85. The summed E-state index contributed by atoms with van der Waals surface area (Å²) in [5.41, 5.74) is 1.96. The summed E-state index contributed by atoms with van der Waals surface area (Å²) in [6.07, 6.45) is 2.53. The van der Waals surface area contributed by atoms with Crippen LogP contribution in [0.15, 0.2) is 47.4 Å². The Morgan fingerprint density at radius 1 is 1.04 bits per heavy atom. The minimum absolute atomic E-state index is 0.220. The Morgan fingerprint density at radius 3 is 2.35 bits per heavy atom. The highest BCUT2D eigenvalue weighted by Gasteiger charge is 2.35. The molecule has 0 aliphatic carbocycles. The number of carbonyl (C=O) groups excluding carboxylic acids is 2. The first-order valence-electron chi connectivity index (χ1n) is 7.62. The molecular weight excluding hydrogens is 370 g/mol. The van der Waals surface area contributed by atoms with Gasteiger partial charge in [0.1, 0.15) is 17.8 Å². The summed E-state index contributed by atoms with van der Waals surface area (Å²) >= 11 is 6.62. The number of thiocarbonyl (C=S) groups is 1. The summed E-state index contributed by atoms with van der Waals surface area (Å²) in [5, 5.41) is 0. The second kappa shape index (κ2) is 7.72. The van der Waals surface area contributed by atoms with E-state index in [0.29, 0.717) is 32.0 Å². The summed E-state index contributed by atoms with van der Waals surface area (Å²) < 4.78 is 11.0. The van der Waals surface area contributed by atoms with E-state index in [1.165, 1.54) is 23.8 Å². The lowest BCUT2D eigenvalue weighted by Crippen LogP contribution is -2.27. The average molecular weight is 385 g/mol. The Hall–Kier alpha value is -2.64. The molecule has 0 spiro atoms. The number of hydrogen-bond acceptors (Lipinski definition) is 6. The molecule has 2 aromatic rings. The zero-order chi connectivity index (χ0) is 18.7. The molecule has 0 saturated carbocycles.